The second-order valence-electron chi connectivity index (χ2n) is 9.15. The number of piperidine rings is 2. The molecule has 1 atom stereocenters. The molecule has 2 aliphatic heterocycles. The van der Waals surface area contributed by atoms with Crippen molar-refractivity contribution in [3.8, 4) is 0 Å². The monoisotopic (exact) mass is 447 g/mol. The molecule has 2 saturated heterocycles. The lowest BCUT2D eigenvalue weighted by Crippen LogP contribution is -2.55. The molecule has 0 spiro atoms. The summed E-state index contributed by atoms with van der Waals surface area (Å²) in [5.74, 6) is -0.153. The molecule has 2 heterocycles. The van der Waals surface area contributed by atoms with Crippen LogP contribution >= 0.6 is 0 Å². The van der Waals surface area contributed by atoms with Gasteiger partial charge in [0, 0.05) is 37.3 Å². The Morgan fingerprint density at radius 3 is 2.12 bits per heavy atom. The minimum atomic E-state index is -0.566. The normalized spacial score (nSPS) is 18.0. The van der Waals surface area contributed by atoms with Crippen LogP contribution in [0.15, 0.2) is 54.6 Å². The first-order valence-electron chi connectivity index (χ1n) is 12.0. The number of rotatable bonds is 5. The number of hydrogen-bond acceptors (Lipinski definition) is 3. The van der Waals surface area contributed by atoms with Crippen LogP contribution in [0, 0.1) is 12.8 Å². The van der Waals surface area contributed by atoms with Gasteiger partial charge in [0.1, 0.15) is 6.04 Å². The molecule has 0 aliphatic carbocycles. The second kappa shape index (κ2) is 10.6. The minimum Gasteiger partial charge on any atom is -0.341 e. The molecule has 1 N–H and O–H groups in total. The lowest BCUT2D eigenvalue weighted by molar-refractivity contribution is -0.136. The number of nitrogens with one attached hydrogen (secondary N) is 1. The van der Waals surface area contributed by atoms with Crippen LogP contribution in [0.2, 0.25) is 0 Å². The first kappa shape index (κ1) is 23.0. The topological polar surface area (TPSA) is 69.7 Å². The van der Waals surface area contributed by atoms with Gasteiger partial charge in [-0.3, -0.25) is 14.4 Å². The van der Waals surface area contributed by atoms with E-state index in [1.165, 1.54) is 0 Å². The van der Waals surface area contributed by atoms with Crippen molar-refractivity contribution in [2.75, 3.05) is 26.2 Å². The van der Waals surface area contributed by atoms with E-state index in [1.54, 1.807) is 6.07 Å². The van der Waals surface area contributed by atoms with E-state index in [4.69, 9.17) is 0 Å². The maximum atomic E-state index is 13.5. The van der Waals surface area contributed by atoms with Crippen molar-refractivity contribution in [2.24, 2.45) is 5.92 Å². The van der Waals surface area contributed by atoms with Gasteiger partial charge in [0.2, 0.25) is 5.91 Å². The zero-order chi connectivity index (χ0) is 23.2. The van der Waals surface area contributed by atoms with E-state index < -0.39 is 6.04 Å². The average molecular weight is 448 g/mol. The summed E-state index contributed by atoms with van der Waals surface area (Å²) in [6, 6.07) is 16.2. The van der Waals surface area contributed by atoms with E-state index in [2.05, 4.69) is 5.32 Å². The van der Waals surface area contributed by atoms with Gasteiger partial charge in [-0.15, -0.1) is 0 Å². The van der Waals surface area contributed by atoms with Gasteiger partial charge in [0.25, 0.3) is 11.8 Å². The Labute approximate surface area is 196 Å². The summed E-state index contributed by atoms with van der Waals surface area (Å²) < 4.78 is 0. The number of nitrogens with zero attached hydrogens (tertiary/aromatic N) is 2. The maximum absolute atomic E-state index is 13.5. The van der Waals surface area contributed by atoms with Crippen LogP contribution in [0.3, 0.4) is 0 Å². The fourth-order valence-corrected chi connectivity index (χ4v) is 4.94. The van der Waals surface area contributed by atoms with Crippen LogP contribution in [0.1, 0.15) is 58.4 Å². The predicted molar refractivity (Wildman–Crippen MR) is 128 cm³/mol. The van der Waals surface area contributed by atoms with Crippen molar-refractivity contribution in [3.63, 3.8) is 0 Å². The third-order valence-corrected chi connectivity index (χ3v) is 6.93. The van der Waals surface area contributed by atoms with Crippen LogP contribution in [-0.2, 0) is 4.79 Å². The average Bonchev–Trinajstić information content (AvgIpc) is 2.88. The van der Waals surface area contributed by atoms with E-state index in [0.29, 0.717) is 37.1 Å². The van der Waals surface area contributed by atoms with E-state index in [9.17, 15) is 14.4 Å². The minimum absolute atomic E-state index is 0.00668. The Balaban J connectivity index is 1.47. The number of carbonyl (C=O) groups is 3. The summed E-state index contributed by atoms with van der Waals surface area (Å²) in [6.45, 7) is 4.58. The highest BCUT2D eigenvalue weighted by Gasteiger charge is 2.36. The first-order chi connectivity index (χ1) is 16.0. The molecule has 33 heavy (non-hydrogen) atoms. The van der Waals surface area contributed by atoms with Crippen molar-refractivity contribution >= 4 is 17.7 Å². The number of benzene rings is 2. The largest absolute Gasteiger partial charge is 0.341 e. The molecule has 2 fully saturated rings. The third-order valence-electron chi connectivity index (χ3n) is 6.93. The molecule has 0 aromatic heterocycles. The lowest BCUT2D eigenvalue weighted by Gasteiger charge is -2.38. The van der Waals surface area contributed by atoms with Crippen LogP contribution in [0.25, 0.3) is 0 Å². The number of likely N-dealkylation sites (tertiary alicyclic amines) is 2. The highest BCUT2D eigenvalue weighted by atomic mass is 16.2. The van der Waals surface area contributed by atoms with Crippen LogP contribution in [0.4, 0.5) is 0 Å². The highest BCUT2D eigenvalue weighted by Crippen LogP contribution is 2.25. The van der Waals surface area contributed by atoms with Gasteiger partial charge in [-0.2, -0.15) is 0 Å². The quantitative estimate of drug-likeness (QED) is 0.761. The fraction of sp³-hybridized carbons (Fsp3) is 0.444. The lowest BCUT2D eigenvalue weighted by atomic mass is 9.87. The molecule has 0 saturated carbocycles. The van der Waals surface area contributed by atoms with Crippen LogP contribution in [-0.4, -0.2) is 59.7 Å². The Bertz CT molecular complexity index is 977. The SMILES string of the molecule is Cc1ccccc1C(=O)NC(C(=O)N1CCCCC1)C1CCN(C(=O)c2ccccc2)CC1. The summed E-state index contributed by atoms with van der Waals surface area (Å²) in [5, 5.41) is 3.08. The molecular formula is C27H33N3O3. The molecule has 3 amide bonds. The molecule has 1 unspecified atom stereocenters. The molecule has 2 aromatic carbocycles. The van der Waals surface area contributed by atoms with Gasteiger partial charge in [0.05, 0.1) is 0 Å². The number of hydrogen-bond donors (Lipinski definition) is 1. The zero-order valence-corrected chi connectivity index (χ0v) is 19.3. The summed E-state index contributed by atoms with van der Waals surface area (Å²) in [7, 11) is 0. The van der Waals surface area contributed by atoms with E-state index in [0.717, 1.165) is 37.9 Å². The predicted octanol–water partition coefficient (Wildman–Crippen LogP) is 3.66. The summed E-state index contributed by atoms with van der Waals surface area (Å²) >= 11 is 0. The molecule has 6 heteroatoms. The van der Waals surface area contributed by atoms with Gasteiger partial charge >= 0.3 is 0 Å². The van der Waals surface area contributed by atoms with Crippen molar-refractivity contribution in [2.45, 2.75) is 45.1 Å². The molecule has 0 bridgehead atoms. The van der Waals surface area contributed by atoms with Crippen LogP contribution in [0.5, 0.6) is 0 Å². The molecule has 4 rings (SSSR count). The van der Waals surface area contributed by atoms with E-state index >= 15 is 0 Å². The van der Waals surface area contributed by atoms with Crippen molar-refractivity contribution < 1.29 is 14.4 Å². The molecule has 6 nitrogen and oxygen atoms in total. The Morgan fingerprint density at radius 2 is 1.45 bits per heavy atom. The molecule has 2 aromatic rings. The Morgan fingerprint density at radius 1 is 0.818 bits per heavy atom. The van der Waals surface area contributed by atoms with Crippen LogP contribution < -0.4 is 5.32 Å². The van der Waals surface area contributed by atoms with Gasteiger partial charge in [-0.05, 0) is 68.7 Å². The molecule has 174 valence electrons. The summed E-state index contributed by atoms with van der Waals surface area (Å²) in [6.07, 6.45) is 4.54. The highest BCUT2D eigenvalue weighted by molar-refractivity contribution is 5.98. The summed E-state index contributed by atoms with van der Waals surface area (Å²) in [4.78, 5) is 43.2. The zero-order valence-electron chi connectivity index (χ0n) is 19.3. The Kier molecular flexibility index (Phi) is 7.43. The smallest absolute Gasteiger partial charge is 0.253 e. The first-order valence-corrected chi connectivity index (χ1v) is 12.0. The van der Waals surface area contributed by atoms with Crippen molar-refractivity contribution in [1.82, 2.24) is 15.1 Å². The number of carbonyl (C=O) groups excluding carboxylic acids is 3. The number of amides is 3. The van der Waals surface area contributed by atoms with Gasteiger partial charge in [0.15, 0.2) is 0 Å². The molecule has 0 radical (unpaired) electrons. The maximum Gasteiger partial charge on any atom is 0.253 e. The van der Waals surface area contributed by atoms with E-state index in [-0.39, 0.29) is 23.6 Å². The number of aryl methyl sites for hydroxylation is 1. The van der Waals surface area contributed by atoms with Crippen molar-refractivity contribution in [1.29, 1.82) is 0 Å². The second-order valence-corrected chi connectivity index (χ2v) is 9.15. The molecular weight excluding hydrogens is 414 g/mol. The van der Waals surface area contributed by atoms with Crippen molar-refractivity contribution in [3.05, 3.63) is 71.3 Å². The van der Waals surface area contributed by atoms with Gasteiger partial charge < -0.3 is 15.1 Å². The summed E-state index contributed by atoms with van der Waals surface area (Å²) in [5.41, 5.74) is 2.18. The van der Waals surface area contributed by atoms with Gasteiger partial charge in [-0.25, -0.2) is 0 Å². The standard InChI is InChI=1S/C27H33N3O3/c1-20-10-6-7-13-23(20)25(31)28-24(27(33)29-16-8-3-9-17-29)21-14-18-30(19-15-21)26(32)22-11-4-2-5-12-22/h2,4-7,10-13,21,24H,3,8-9,14-19H2,1H3,(H,28,31). The Hall–Kier alpha value is -3.15. The third kappa shape index (κ3) is 5.44. The van der Waals surface area contributed by atoms with E-state index in [1.807, 2.05) is 65.3 Å². The van der Waals surface area contributed by atoms with Gasteiger partial charge in [-0.1, -0.05) is 36.4 Å². The fourth-order valence-electron chi connectivity index (χ4n) is 4.94. The molecule has 2 aliphatic rings.